The minimum atomic E-state index is 0.722. The first-order valence-electron chi connectivity index (χ1n) is 8.64. The van der Waals surface area contributed by atoms with Crippen molar-refractivity contribution in [2.75, 3.05) is 31.5 Å². The molecule has 0 amide bonds. The van der Waals surface area contributed by atoms with Crippen LogP contribution in [-0.2, 0) is 6.42 Å². The monoisotopic (exact) mass is 319 g/mol. The lowest BCUT2D eigenvalue weighted by Crippen LogP contribution is -2.32. The summed E-state index contributed by atoms with van der Waals surface area (Å²) in [6.45, 7) is 6.83. The molecule has 0 spiro atoms. The number of thiocarbonyl (C=S) groups is 1. The lowest BCUT2D eigenvalue weighted by atomic mass is 10.1. The third-order valence-corrected chi connectivity index (χ3v) is 4.50. The molecule has 0 atom stereocenters. The number of nitrogens with one attached hydrogen (secondary N) is 2. The van der Waals surface area contributed by atoms with Crippen LogP contribution < -0.4 is 10.6 Å². The van der Waals surface area contributed by atoms with Crippen LogP contribution in [0.3, 0.4) is 0 Å². The van der Waals surface area contributed by atoms with E-state index in [-0.39, 0.29) is 0 Å². The van der Waals surface area contributed by atoms with Gasteiger partial charge in [-0.15, -0.1) is 0 Å². The van der Waals surface area contributed by atoms with Gasteiger partial charge in [-0.25, -0.2) is 0 Å². The third kappa shape index (κ3) is 6.32. The van der Waals surface area contributed by atoms with Crippen molar-refractivity contribution in [1.29, 1.82) is 0 Å². The van der Waals surface area contributed by atoms with Crippen molar-refractivity contribution in [3.8, 4) is 0 Å². The smallest absolute Gasteiger partial charge is 0.170 e. The fraction of sp³-hybridized carbons (Fsp3) is 0.611. The van der Waals surface area contributed by atoms with Gasteiger partial charge in [-0.05, 0) is 75.2 Å². The van der Waals surface area contributed by atoms with Crippen molar-refractivity contribution in [3.63, 3.8) is 0 Å². The first-order valence-corrected chi connectivity index (χ1v) is 9.05. The van der Waals surface area contributed by atoms with Crippen LogP contribution >= 0.6 is 12.2 Å². The van der Waals surface area contributed by atoms with E-state index in [4.69, 9.17) is 12.2 Å². The van der Waals surface area contributed by atoms with Crippen LogP contribution in [0.5, 0.6) is 0 Å². The molecule has 4 heteroatoms. The molecule has 1 aliphatic heterocycles. The molecular formula is C18H29N3S. The van der Waals surface area contributed by atoms with Crippen molar-refractivity contribution < 1.29 is 0 Å². The highest BCUT2D eigenvalue weighted by molar-refractivity contribution is 7.80. The van der Waals surface area contributed by atoms with Crippen molar-refractivity contribution in [2.45, 2.75) is 45.4 Å². The van der Waals surface area contributed by atoms with E-state index in [0.29, 0.717) is 0 Å². The molecule has 0 aromatic heterocycles. The normalized spacial score (nSPS) is 16.0. The summed E-state index contributed by atoms with van der Waals surface area (Å²) in [5.41, 5.74) is 2.41. The summed E-state index contributed by atoms with van der Waals surface area (Å²) < 4.78 is 0. The van der Waals surface area contributed by atoms with Crippen LogP contribution in [0, 0.1) is 0 Å². The van der Waals surface area contributed by atoms with Crippen molar-refractivity contribution >= 4 is 23.0 Å². The molecular weight excluding hydrogens is 290 g/mol. The molecule has 1 aromatic rings. The van der Waals surface area contributed by atoms with Gasteiger partial charge >= 0.3 is 0 Å². The van der Waals surface area contributed by atoms with Crippen LogP contribution in [0.2, 0.25) is 0 Å². The molecule has 1 saturated heterocycles. The molecule has 0 aliphatic carbocycles. The number of aryl methyl sites for hydroxylation is 1. The summed E-state index contributed by atoms with van der Waals surface area (Å²) in [6.07, 6.45) is 7.75. The van der Waals surface area contributed by atoms with E-state index in [1.165, 1.54) is 50.9 Å². The summed E-state index contributed by atoms with van der Waals surface area (Å²) in [5.74, 6) is 0. The highest BCUT2D eigenvalue weighted by Gasteiger charge is 2.08. The molecule has 0 unspecified atom stereocenters. The van der Waals surface area contributed by atoms with Crippen molar-refractivity contribution in [2.24, 2.45) is 0 Å². The zero-order chi connectivity index (χ0) is 15.6. The Morgan fingerprint density at radius 2 is 1.77 bits per heavy atom. The highest BCUT2D eigenvalue weighted by atomic mass is 32.1. The molecule has 22 heavy (non-hydrogen) atoms. The first-order chi connectivity index (χ1) is 10.8. The average Bonchev–Trinajstić information content (AvgIpc) is 2.81. The number of nitrogens with zero attached hydrogens (tertiary/aromatic N) is 1. The minimum absolute atomic E-state index is 0.722. The van der Waals surface area contributed by atoms with E-state index in [9.17, 15) is 0 Å². The molecule has 1 aliphatic rings. The topological polar surface area (TPSA) is 27.3 Å². The number of anilines is 1. The molecule has 0 radical (unpaired) electrons. The quantitative estimate of drug-likeness (QED) is 0.616. The largest absolute Gasteiger partial charge is 0.362 e. The van der Waals surface area contributed by atoms with Gasteiger partial charge in [0, 0.05) is 12.2 Å². The van der Waals surface area contributed by atoms with E-state index in [0.717, 1.165) is 30.2 Å². The SMILES string of the molecule is CCc1ccc(NC(=S)NCCCN2CCCCCC2)cc1. The number of likely N-dealkylation sites (tertiary alicyclic amines) is 1. The summed E-state index contributed by atoms with van der Waals surface area (Å²) in [6, 6.07) is 8.46. The second-order valence-electron chi connectivity index (χ2n) is 6.04. The molecule has 3 nitrogen and oxygen atoms in total. The lowest BCUT2D eigenvalue weighted by Gasteiger charge is -2.19. The van der Waals surface area contributed by atoms with E-state index in [2.05, 4.69) is 46.7 Å². The predicted molar refractivity (Wildman–Crippen MR) is 99.6 cm³/mol. The zero-order valence-electron chi connectivity index (χ0n) is 13.7. The van der Waals surface area contributed by atoms with Crippen LogP contribution in [0.15, 0.2) is 24.3 Å². The Bertz CT molecular complexity index is 436. The van der Waals surface area contributed by atoms with Gasteiger partial charge in [0.15, 0.2) is 5.11 Å². The van der Waals surface area contributed by atoms with Crippen LogP contribution in [-0.4, -0.2) is 36.2 Å². The van der Waals surface area contributed by atoms with Gasteiger partial charge < -0.3 is 15.5 Å². The molecule has 1 heterocycles. The van der Waals surface area contributed by atoms with Gasteiger partial charge in [-0.3, -0.25) is 0 Å². The average molecular weight is 320 g/mol. The summed E-state index contributed by atoms with van der Waals surface area (Å²) in [7, 11) is 0. The van der Waals surface area contributed by atoms with Gasteiger partial charge in [0.1, 0.15) is 0 Å². The van der Waals surface area contributed by atoms with E-state index >= 15 is 0 Å². The van der Waals surface area contributed by atoms with Gasteiger partial charge in [0.2, 0.25) is 0 Å². The zero-order valence-corrected chi connectivity index (χ0v) is 14.6. The lowest BCUT2D eigenvalue weighted by molar-refractivity contribution is 0.282. The Kier molecular flexibility index (Phi) is 7.67. The van der Waals surface area contributed by atoms with Gasteiger partial charge in [0.25, 0.3) is 0 Å². The highest BCUT2D eigenvalue weighted by Crippen LogP contribution is 2.10. The van der Waals surface area contributed by atoms with Crippen molar-refractivity contribution in [1.82, 2.24) is 10.2 Å². The Balaban J connectivity index is 1.60. The fourth-order valence-electron chi connectivity index (χ4n) is 2.86. The molecule has 1 aromatic carbocycles. The van der Waals surface area contributed by atoms with Gasteiger partial charge in [0.05, 0.1) is 0 Å². The maximum atomic E-state index is 5.35. The second kappa shape index (κ2) is 9.80. The first kappa shape index (κ1) is 17.2. The van der Waals surface area contributed by atoms with Crippen LogP contribution in [0.4, 0.5) is 5.69 Å². The summed E-state index contributed by atoms with van der Waals surface area (Å²) in [4.78, 5) is 2.59. The third-order valence-electron chi connectivity index (χ3n) is 4.26. The van der Waals surface area contributed by atoms with E-state index in [1.807, 2.05) is 0 Å². The Morgan fingerprint density at radius 3 is 2.41 bits per heavy atom. The molecule has 1 fully saturated rings. The maximum Gasteiger partial charge on any atom is 0.170 e. The van der Waals surface area contributed by atoms with Gasteiger partial charge in [-0.1, -0.05) is 31.9 Å². The minimum Gasteiger partial charge on any atom is -0.362 e. The molecule has 0 saturated carbocycles. The predicted octanol–water partition coefficient (Wildman–Crippen LogP) is 3.80. The molecule has 0 bridgehead atoms. The number of hydrogen-bond donors (Lipinski definition) is 2. The standard InChI is InChI=1S/C18H29N3S/c1-2-16-8-10-17(11-9-16)20-18(22)19-12-7-15-21-13-5-3-4-6-14-21/h8-11H,2-7,12-15H2,1H3,(H2,19,20,22). The Hall–Kier alpha value is -1.13. The number of hydrogen-bond acceptors (Lipinski definition) is 2. The molecule has 122 valence electrons. The Labute approximate surface area is 140 Å². The molecule has 2 N–H and O–H groups in total. The fourth-order valence-corrected chi connectivity index (χ4v) is 3.08. The van der Waals surface area contributed by atoms with Crippen LogP contribution in [0.25, 0.3) is 0 Å². The summed E-state index contributed by atoms with van der Waals surface area (Å²) >= 11 is 5.35. The van der Waals surface area contributed by atoms with E-state index < -0.39 is 0 Å². The van der Waals surface area contributed by atoms with Gasteiger partial charge in [-0.2, -0.15) is 0 Å². The van der Waals surface area contributed by atoms with Crippen molar-refractivity contribution in [3.05, 3.63) is 29.8 Å². The number of rotatable bonds is 6. The van der Waals surface area contributed by atoms with E-state index in [1.54, 1.807) is 0 Å². The second-order valence-corrected chi connectivity index (χ2v) is 6.45. The maximum absolute atomic E-state index is 5.35. The number of benzene rings is 1. The molecule has 2 rings (SSSR count). The van der Waals surface area contributed by atoms with Crippen LogP contribution in [0.1, 0.15) is 44.6 Å². The Morgan fingerprint density at radius 1 is 1.09 bits per heavy atom. The summed E-state index contributed by atoms with van der Waals surface area (Å²) in [5, 5.41) is 7.28.